The Morgan fingerprint density at radius 3 is 2.83 bits per heavy atom. The van der Waals surface area contributed by atoms with Crippen LogP contribution in [0.3, 0.4) is 0 Å². The first-order valence-electron chi connectivity index (χ1n) is 8.19. The normalized spacial score (nSPS) is 15.9. The van der Waals surface area contributed by atoms with Gasteiger partial charge in [0.25, 0.3) is 0 Å². The van der Waals surface area contributed by atoms with Crippen molar-refractivity contribution in [3.05, 3.63) is 57.3 Å². The third-order valence-corrected chi connectivity index (χ3v) is 5.05. The first kappa shape index (κ1) is 17.0. The summed E-state index contributed by atoms with van der Waals surface area (Å²) in [6.45, 7) is 4.74. The predicted molar refractivity (Wildman–Crippen MR) is 100 cm³/mol. The summed E-state index contributed by atoms with van der Waals surface area (Å²) < 4.78 is 7.41. The number of pyridine rings is 1. The molecule has 0 bridgehead atoms. The van der Waals surface area contributed by atoms with Crippen LogP contribution in [0.1, 0.15) is 29.3 Å². The lowest BCUT2D eigenvalue weighted by molar-refractivity contribution is 0.213. The van der Waals surface area contributed by atoms with Crippen molar-refractivity contribution in [2.45, 2.75) is 32.8 Å². The number of ether oxygens (including phenoxy) is 1. The van der Waals surface area contributed by atoms with Gasteiger partial charge >= 0.3 is 0 Å². The largest absolute Gasteiger partial charge is 0.489 e. The summed E-state index contributed by atoms with van der Waals surface area (Å²) in [4.78, 5) is 6.25. The van der Waals surface area contributed by atoms with Gasteiger partial charge in [0.15, 0.2) is 0 Å². The highest BCUT2D eigenvalue weighted by Gasteiger charge is 2.25. The van der Waals surface area contributed by atoms with Crippen LogP contribution in [0.2, 0.25) is 0 Å². The van der Waals surface area contributed by atoms with E-state index in [1.165, 1.54) is 11.1 Å². The summed E-state index contributed by atoms with van der Waals surface area (Å²) >= 11 is 3.53. The number of nitrogens with zero attached hydrogens (tertiary/aromatic N) is 2. The van der Waals surface area contributed by atoms with Gasteiger partial charge in [-0.3, -0.25) is 10.4 Å². The van der Waals surface area contributed by atoms with Gasteiger partial charge < -0.3 is 9.64 Å². The SMILES string of the molecule is CCN(C)C(=N)c1c(OC2Cc3ccc(Br)cc3C2)ccnc1C. The van der Waals surface area contributed by atoms with Gasteiger partial charge in [-0.15, -0.1) is 0 Å². The van der Waals surface area contributed by atoms with Crippen molar-refractivity contribution < 1.29 is 4.74 Å². The molecule has 3 rings (SSSR count). The second kappa shape index (κ2) is 6.93. The number of amidine groups is 1. The second-order valence-corrected chi connectivity index (χ2v) is 7.11. The first-order valence-corrected chi connectivity index (χ1v) is 8.98. The number of benzene rings is 1. The first-order chi connectivity index (χ1) is 11.5. The fourth-order valence-corrected chi connectivity index (χ4v) is 3.50. The molecule has 0 saturated heterocycles. The Labute approximate surface area is 151 Å². The van der Waals surface area contributed by atoms with Crippen LogP contribution < -0.4 is 4.74 Å². The lowest BCUT2D eigenvalue weighted by Gasteiger charge is -2.23. The van der Waals surface area contributed by atoms with Crippen LogP contribution in [0.25, 0.3) is 0 Å². The lowest BCUT2D eigenvalue weighted by Crippen LogP contribution is -2.28. The van der Waals surface area contributed by atoms with E-state index in [1.807, 2.05) is 31.9 Å². The van der Waals surface area contributed by atoms with E-state index in [-0.39, 0.29) is 6.10 Å². The fraction of sp³-hybridized carbons (Fsp3) is 0.368. The van der Waals surface area contributed by atoms with Crippen molar-refractivity contribution in [3.63, 3.8) is 0 Å². The van der Waals surface area contributed by atoms with Crippen LogP contribution in [-0.4, -0.2) is 35.4 Å². The smallest absolute Gasteiger partial charge is 0.134 e. The molecule has 1 aliphatic carbocycles. The van der Waals surface area contributed by atoms with E-state index < -0.39 is 0 Å². The minimum absolute atomic E-state index is 0.106. The lowest BCUT2D eigenvalue weighted by atomic mass is 10.1. The predicted octanol–water partition coefficient (Wildman–Crippen LogP) is 3.98. The molecule has 2 aromatic rings. The molecular formula is C19H22BrN3O. The van der Waals surface area contributed by atoms with E-state index in [9.17, 15) is 0 Å². The Morgan fingerprint density at radius 2 is 2.08 bits per heavy atom. The van der Waals surface area contributed by atoms with Gasteiger partial charge in [-0.05, 0) is 43.2 Å². The molecule has 1 aliphatic rings. The van der Waals surface area contributed by atoms with Crippen molar-refractivity contribution >= 4 is 21.8 Å². The van der Waals surface area contributed by atoms with Gasteiger partial charge in [0.05, 0.1) is 11.3 Å². The average molecular weight is 388 g/mol. The van der Waals surface area contributed by atoms with E-state index in [1.54, 1.807) is 6.20 Å². The highest BCUT2D eigenvalue weighted by Crippen LogP contribution is 2.30. The second-order valence-electron chi connectivity index (χ2n) is 6.19. The zero-order chi connectivity index (χ0) is 17.3. The maximum atomic E-state index is 8.45. The Hall–Kier alpha value is -1.88. The zero-order valence-corrected chi connectivity index (χ0v) is 15.9. The van der Waals surface area contributed by atoms with E-state index in [0.29, 0.717) is 5.84 Å². The highest BCUT2D eigenvalue weighted by molar-refractivity contribution is 9.10. The summed E-state index contributed by atoms with van der Waals surface area (Å²) in [5.74, 6) is 1.21. The third-order valence-electron chi connectivity index (χ3n) is 4.55. The van der Waals surface area contributed by atoms with Crippen molar-refractivity contribution in [3.8, 4) is 5.75 Å². The molecule has 0 spiro atoms. The zero-order valence-electron chi connectivity index (χ0n) is 14.3. The van der Waals surface area contributed by atoms with Crippen molar-refractivity contribution in [2.75, 3.05) is 13.6 Å². The van der Waals surface area contributed by atoms with Crippen LogP contribution in [0.4, 0.5) is 0 Å². The maximum absolute atomic E-state index is 8.45. The minimum atomic E-state index is 0.106. The molecule has 5 heteroatoms. The number of rotatable bonds is 4. The molecule has 0 radical (unpaired) electrons. The van der Waals surface area contributed by atoms with E-state index in [4.69, 9.17) is 10.1 Å². The van der Waals surface area contributed by atoms with Crippen molar-refractivity contribution in [1.29, 1.82) is 5.41 Å². The number of hydrogen-bond donors (Lipinski definition) is 1. The molecule has 126 valence electrons. The van der Waals surface area contributed by atoms with Gasteiger partial charge in [-0.2, -0.15) is 0 Å². The molecule has 24 heavy (non-hydrogen) atoms. The van der Waals surface area contributed by atoms with Gasteiger partial charge in [-0.25, -0.2) is 0 Å². The number of fused-ring (bicyclic) bond motifs is 1. The monoisotopic (exact) mass is 387 g/mol. The topological polar surface area (TPSA) is 49.2 Å². The van der Waals surface area contributed by atoms with Gasteiger partial charge in [0, 0.05) is 37.1 Å². The Kier molecular flexibility index (Phi) is 4.90. The van der Waals surface area contributed by atoms with E-state index in [0.717, 1.165) is 40.9 Å². The molecule has 0 fully saturated rings. The standard InChI is InChI=1S/C19H22BrN3O/c1-4-23(3)19(21)18-12(2)22-8-7-17(18)24-16-10-13-5-6-15(20)9-14(13)11-16/h5-9,16,21H,4,10-11H2,1-3H3. The highest BCUT2D eigenvalue weighted by atomic mass is 79.9. The number of nitrogens with one attached hydrogen (secondary N) is 1. The van der Waals surface area contributed by atoms with E-state index in [2.05, 4.69) is 39.1 Å². The van der Waals surface area contributed by atoms with Crippen LogP contribution in [0.15, 0.2) is 34.9 Å². The summed E-state index contributed by atoms with van der Waals surface area (Å²) in [7, 11) is 1.92. The number of hydrogen-bond acceptors (Lipinski definition) is 3. The quantitative estimate of drug-likeness (QED) is 0.637. The molecule has 1 heterocycles. The number of aromatic nitrogens is 1. The number of aryl methyl sites for hydroxylation is 1. The summed E-state index contributed by atoms with van der Waals surface area (Å²) in [6, 6.07) is 8.28. The molecule has 1 N–H and O–H groups in total. The Balaban J connectivity index is 1.84. The number of halogens is 1. The molecule has 0 aliphatic heterocycles. The Morgan fingerprint density at radius 1 is 1.33 bits per heavy atom. The molecule has 0 amide bonds. The molecule has 1 aromatic heterocycles. The van der Waals surface area contributed by atoms with Crippen LogP contribution in [-0.2, 0) is 12.8 Å². The molecule has 1 unspecified atom stereocenters. The molecule has 0 saturated carbocycles. The minimum Gasteiger partial charge on any atom is -0.489 e. The molecule has 4 nitrogen and oxygen atoms in total. The third kappa shape index (κ3) is 3.31. The van der Waals surface area contributed by atoms with Crippen LogP contribution >= 0.6 is 15.9 Å². The van der Waals surface area contributed by atoms with E-state index >= 15 is 0 Å². The summed E-state index contributed by atoms with van der Waals surface area (Å²) in [5.41, 5.74) is 4.30. The molecular weight excluding hydrogens is 366 g/mol. The van der Waals surface area contributed by atoms with Gasteiger partial charge in [-0.1, -0.05) is 22.0 Å². The maximum Gasteiger partial charge on any atom is 0.134 e. The summed E-state index contributed by atoms with van der Waals surface area (Å²) in [6.07, 6.45) is 3.66. The molecule has 1 atom stereocenters. The fourth-order valence-electron chi connectivity index (χ4n) is 3.09. The van der Waals surface area contributed by atoms with Crippen LogP contribution in [0.5, 0.6) is 5.75 Å². The average Bonchev–Trinajstić information content (AvgIpc) is 2.95. The van der Waals surface area contributed by atoms with Crippen molar-refractivity contribution in [2.24, 2.45) is 0 Å². The van der Waals surface area contributed by atoms with Crippen molar-refractivity contribution in [1.82, 2.24) is 9.88 Å². The summed E-state index contributed by atoms with van der Waals surface area (Å²) in [5, 5.41) is 8.45. The van der Waals surface area contributed by atoms with Gasteiger partial charge in [0.1, 0.15) is 17.7 Å². The molecule has 1 aromatic carbocycles. The van der Waals surface area contributed by atoms with Crippen LogP contribution in [0, 0.1) is 12.3 Å². The Bertz CT molecular complexity index is 775. The van der Waals surface area contributed by atoms with Gasteiger partial charge in [0.2, 0.25) is 0 Å².